The highest BCUT2D eigenvalue weighted by Crippen LogP contribution is 2.25. The van der Waals surface area contributed by atoms with Gasteiger partial charge in [0.15, 0.2) is 0 Å². The van der Waals surface area contributed by atoms with Crippen LogP contribution in [-0.2, 0) is 11.3 Å². The van der Waals surface area contributed by atoms with Crippen molar-refractivity contribution in [2.24, 2.45) is 0 Å². The van der Waals surface area contributed by atoms with Crippen molar-refractivity contribution in [2.45, 2.75) is 31.8 Å². The largest absolute Gasteiger partial charge is 0.496 e. The third kappa shape index (κ3) is 3.37. The summed E-state index contributed by atoms with van der Waals surface area (Å²) in [6.45, 7) is 4.67. The summed E-state index contributed by atoms with van der Waals surface area (Å²) in [5.41, 5.74) is 1.24. The maximum Gasteiger partial charge on any atom is 0.123 e. The minimum absolute atomic E-state index is 0.144. The average Bonchev–Trinajstić information content (AvgIpc) is 2.38. The molecular weight excluding hydrogens is 250 g/mol. The molecule has 1 aliphatic rings. The van der Waals surface area contributed by atoms with Crippen LogP contribution in [0.1, 0.15) is 25.3 Å². The third-order valence-corrected chi connectivity index (χ3v) is 3.78. The lowest BCUT2D eigenvalue weighted by molar-refractivity contribution is 0.0445. The molecule has 0 spiro atoms. The van der Waals surface area contributed by atoms with Gasteiger partial charge < -0.3 is 14.8 Å². The van der Waals surface area contributed by atoms with Crippen molar-refractivity contribution in [1.29, 1.82) is 0 Å². The summed E-state index contributed by atoms with van der Waals surface area (Å²) < 4.78 is 10.7. The molecule has 1 aromatic rings. The smallest absolute Gasteiger partial charge is 0.123 e. The molecule has 0 aliphatic carbocycles. The van der Waals surface area contributed by atoms with Crippen LogP contribution >= 0.6 is 11.6 Å². The monoisotopic (exact) mass is 269 g/mol. The van der Waals surface area contributed by atoms with Gasteiger partial charge in [0, 0.05) is 35.9 Å². The van der Waals surface area contributed by atoms with Gasteiger partial charge in [0.25, 0.3) is 0 Å². The van der Waals surface area contributed by atoms with E-state index in [2.05, 4.69) is 12.2 Å². The van der Waals surface area contributed by atoms with E-state index in [0.717, 1.165) is 48.9 Å². The first-order valence-electron chi connectivity index (χ1n) is 6.28. The van der Waals surface area contributed by atoms with E-state index in [4.69, 9.17) is 21.1 Å². The lowest BCUT2D eigenvalue weighted by atomic mass is 9.92. The normalized spacial score (nSPS) is 18.6. The van der Waals surface area contributed by atoms with Gasteiger partial charge in [-0.25, -0.2) is 0 Å². The first-order chi connectivity index (χ1) is 8.63. The second-order valence-electron chi connectivity index (χ2n) is 4.98. The van der Waals surface area contributed by atoms with Gasteiger partial charge >= 0.3 is 0 Å². The summed E-state index contributed by atoms with van der Waals surface area (Å²) in [5.74, 6) is 0.877. The molecule has 0 amide bonds. The van der Waals surface area contributed by atoms with Crippen molar-refractivity contribution in [2.75, 3.05) is 20.3 Å². The Labute approximate surface area is 113 Å². The SMILES string of the molecule is COc1ccc(Cl)cc1CNC1(C)CCOCC1. The molecule has 3 nitrogen and oxygen atoms in total. The van der Waals surface area contributed by atoms with Crippen LogP contribution in [0.5, 0.6) is 5.75 Å². The molecule has 100 valence electrons. The van der Waals surface area contributed by atoms with E-state index in [0.29, 0.717) is 0 Å². The Bertz CT molecular complexity index is 403. The molecule has 1 fully saturated rings. The lowest BCUT2D eigenvalue weighted by Gasteiger charge is -2.34. The van der Waals surface area contributed by atoms with Crippen molar-refractivity contribution >= 4 is 11.6 Å². The quantitative estimate of drug-likeness (QED) is 0.912. The summed E-state index contributed by atoms with van der Waals surface area (Å²) in [6, 6.07) is 5.71. The Morgan fingerprint density at radius 1 is 1.39 bits per heavy atom. The number of hydrogen-bond donors (Lipinski definition) is 1. The van der Waals surface area contributed by atoms with Crippen LogP contribution in [0, 0.1) is 0 Å². The topological polar surface area (TPSA) is 30.5 Å². The van der Waals surface area contributed by atoms with Crippen LogP contribution in [0.15, 0.2) is 18.2 Å². The molecule has 1 aromatic carbocycles. The Balaban J connectivity index is 2.02. The van der Waals surface area contributed by atoms with Crippen molar-refractivity contribution < 1.29 is 9.47 Å². The van der Waals surface area contributed by atoms with E-state index in [1.807, 2.05) is 18.2 Å². The highest BCUT2D eigenvalue weighted by molar-refractivity contribution is 6.30. The molecule has 18 heavy (non-hydrogen) atoms. The highest BCUT2D eigenvalue weighted by atomic mass is 35.5. The molecule has 1 saturated heterocycles. The van der Waals surface area contributed by atoms with Crippen LogP contribution < -0.4 is 10.1 Å². The maximum atomic E-state index is 6.03. The number of benzene rings is 1. The van der Waals surface area contributed by atoms with Crippen molar-refractivity contribution in [1.82, 2.24) is 5.32 Å². The van der Waals surface area contributed by atoms with Gasteiger partial charge in [-0.2, -0.15) is 0 Å². The van der Waals surface area contributed by atoms with Crippen molar-refractivity contribution in [3.63, 3.8) is 0 Å². The molecule has 0 radical (unpaired) electrons. The van der Waals surface area contributed by atoms with E-state index in [1.165, 1.54) is 0 Å². The number of rotatable bonds is 4. The number of halogens is 1. The van der Waals surface area contributed by atoms with Crippen LogP contribution in [0.3, 0.4) is 0 Å². The summed E-state index contributed by atoms with van der Waals surface area (Å²) in [5, 5.41) is 4.34. The summed E-state index contributed by atoms with van der Waals surface area (Å²) >= 11 is 6.03. The maximum absolute atomic E-state index is 6.03. The van der Waals surface area contributed by atoms with Gasteiger partial charge in [0.2, 0.25) is 0 Å². The molecule has 0 unspecified atom stereocenters. The molecule has 2 rings (SSSR count). The van der Waals surface area contributed by atoms with Gasteiger partial charge in [0.1, 0.15) is 5.75 Å². The number of ether oxygens (including phenoxy) is 2. The molecule has 0 saturated carbocycles. The fraction of sp³-hybridized carbons (Fsp3) is 0.571. The van der Waals surface area contributed by atoms with Gasteiger partial charge in [-0.05, 0) is 38.0 Å². The van der Waals surface area contributed by atoms with E-state index in [-0.39, 0.29) is 5.54 Å². The van der Waals surface area contributed by atoms with Crippen molar-refractivity contribution in [3.05, 3.63) is 28.8 Å². The Kier molecular flexibility index (Phi) is 4.49. The zero-order chi connectivity index (χ0) is 13.0. The Morgan fingerprint density at radius 2 is 2.11 bits per heavy atom. The van der Waals surface area contributed by atoms with Gasteiger partial charge in [-0.15, -0.1) is 0 Å². The fourth-order valence-corrected chi connectivity index (χ4v) is 2.39. The number of nitrogens with one attached hydrogen (secondary N) is 1. The van der Waals surface area contributed by atoms with E-state index in [9.17, 15) is 0 Å². The summed E-state index contributed by atoms with van der Waals surface area (Å²) in [4.78, 5) is 0. The third-order valence-electron chi connectivity index (χ3n) is 3.54. The van der Waals surface area contributed by atoms with E-state index >= 15 is 0 Å². The molecule has 4 heteroatoms. The van der Waals surface area contributed by atoms with Crippen LogP contribution in [0.2, 0.25) is 5.02 Å². The zero-order valence-electron chi connectivity index (χ0n) is 11.0. The molecule has 1 aliphatic heterocycles. The second kappa shape index (κ2) is 5.91. The average molecular weight is 270 g/mol. The fourth-order valence-electron chi connectivity index (χ4n) is 2.19. The standard InChI is InChI=1S/C14H20ClNO2/c1-14(5-7-18-8-6-14)16-10-11-9-12(15)3-4-13(11)17-2/h3-4,9,16H,5-8,10H2,1-2H3. The van der Waals surface area contributed by atoms with Crippen LogP contribution in [0.25, 0.3) is 0 Å². The predicted molar refractivity (Wildman–Crippen MR) is 73.3 cm³/mol. The molecule has 1 N–H and O–H groups in total. The number of methoxy groups -OCH3 is 1. The van der Waals surface area contributed by atoms with E-state index < -0.39 is 0 Å². The molecule has 0 aromatic heterocycles. The molecule has 0 bridgehead atoms. The van der Waals surface area contributed by atoms with E-state index in [1.54, 1.807) is 7.11 Å². The van der Waals surface area contributed by atoms with Crippen LogP contribution in [0.4, 0.5) is 0 Å². The molecular formula is C14H20ClNO2. The lowest BCUT2D eigenvalue weighted by Crippen LogP contribution is -2.46. The second-order valence-corrected chi connectivity index (χ2v) is 5.42. The molecule has 0 atom stereocenters. The van der Waals surface area contributed by atoms with Gasteiger partial charge in [0.05, 0.1) is 7.11 Å². The predicted octanol–water partition coefficient (Wildman–Crippen LogP) is 3.01. The van der Waals surface area contributed by atoms with Gasteiger partial charge in [-0.1, -0.05) is 11.6 Å². The first-order valence-corrected chi connectivity index (χ1v) is 6.66. The minimum Gasteiger partial charge on any atom is -0.496 e. The number of hydrogen-bond acceptors (Lipinski definition) is 3. The minimum atomic E-state index is 0.144. The Hall–Kier alpha value is -0.770. The van der Waals surface area contributed by atoms with Crippen LogP contribution in [-0.4, -0.2) is 25.9 Å². The first kappa shape index (κ1) is 13.7. The highest BCUT2D eigenvalue weighted by Gasteiger charge is 2.26. The van der Waals surface area contributed by atoms with Gasteiger partial charge in [-0.3, -0.25) is 0 Å². The Morgan fingerprint density at radius 3 is 2.78 bits per heavy atom. The van der Waals surface area contributed by atoms with Crippen molar-refractivity contribution in [3.8, 4) is 5.75 Å². The summed E-state index contributed by atoms with van der Waals surface area (Å²) in [7, 11) is 1.68. The zero-order valence-corrected chi connectivity index (χ0v) is 11.7. The summed E-state index contributed by atoms with van der Waals surface area (Å²) in [6.07, 6.45) is 2.08. The molecule has 1 heterocycles.